The van der Waals surface area contributed by atoms with E-state index in [0.717, 1.165) is 31.3 Å². The topological polar surface area (TPSA) is 75.8 Å². The van der Waals surface area contributed by atoms with Crippen LogP contribution in [0.5, 0.6) is 0 Å². The second-order valence-electron chi connectivity index (χ2n) is 14.7. The van der Waals surface area contributed by atoms with Crippen molar-refractivity contribution >= 4 is 17.5 Å². The van der Waals surface area contributed by atoms with E-state index in [4.69, 9.17) is 6.57 Å². The van der Waals surface area contributed by atoms with Gasteiger partial charge in [-0.25, -0.2) is 4.85 Å². The third-order valence-corrected chi connectivity index (χ3v) is 12.3. The van der Waals surface area contributed by atoms with Crippen LogP contribution in [0, 0.1) is 56.8 Å². The van der Waals surface area contributed by atoms with Gasteiger partial charge in [-0.1, -0.05) is 60.1 Å². The Kier molecular flexibility index (Phi) is 5.09. The molecule has 0 bridgehead atoms. The molecule has 36 heavy (non-hydrogen) atoms. The molecule has 5 aliphatic rings. The van der Waals surface area contributed by atoms with Gasteiger partial charge in [-0.2, -0.15) is 0 Å². The van der Waals surface area contributed by atoms with Gasteiger partial charge in [0.05, 0.1) is 12.0 Å². The minimum Gasteiger partial charge on any atom is -0.481 e. The lowest BCUT2D eigenvalue weighted by Gasteiger charge is -2.68. The highest BCUT2D eigenvalue weighted by Gasteiger charge is 2.70. The summed E-state index contributed by atoms with van der Waals surface area (Å²) in [6.45, 7) is 22.7. The van der Waals surface area contributed by atoms with Crippen LogP contribution in [0.15, 0.2) is 23.4 Å². The van der Waals surface area contributed by atoms with Crippen molar-refractivity contribution in [2.75, 3.05) is 0 Å². The SMILES string of the molecule is [C-]#[N+]C1=C[C@]2(C)C3=CC(=O)[C@@H]4C5CC(C)(C)CC[C@]5(C(=O)O)CC[C@@]4(C)[C@]3(C)CC[C@H]2C(C)(C)C1=O. The van der Waals surface area contributed by atoms with E-state index in [9.17, 15) is 19.5 Å². The van der Waals surface area contributed by atoms with E-state index in [2.05, 4.69) is 39.5 Å². The molecule has 0 aromatic carbocycles. The summed E-state index contributed by atoms with van der Waals surface area (Å²) in [5, 5.41) is 10.5. The first-order valence-corrected chi connectivity index (χ1v) is 13.7. The monoisotopic (exact) mass is 491 g/mol. The van der Waals surface area contributed by atoms with Gasteiger partial charge in [-0.3, -0.25) is 9.59 Å². The molecular weight excluding hydrogens is 450 g/mol. The number of Topliss-reactive ketones (excluding diaryl/α,β-unsaturated/α-hetero) is 1. The molecule has 5 nitrogen and oxygen atoms in total. The summed E-state index contributed by atoms with van der Waals surface area (Å²) >= 11 is 0. The van der Waals surface area contributed by atoms with Gasteiger partial charge in [-0.15, -0.1) is 0 Å². The predicted molar refractivity (Wildman–Crippen MR) is 138 cm³/mol. The Hall–Kier alpha value is -2.22. The van der Waals surface area contributed by atoms with Crippen LogP contribution in [0.4, 0.5) is 0 Å². The summed E-state index contributed by atoms with van der Waals surface area (Å²) in [6.07, 6.45) is 9.03. The standard InChI is InChI=1S/C31H41NO4/c1-26(2)11-13-31(25(35)36)14-12-30(7)23(18(31)16-26)20(33)15-22-28(5)17-19(32-8)24(34)27(3,4)21(28)9-10-29(22,30)6/h15,17-18,21,23H,9-14,16H2,1-7H3,(H,35,36)/t18?,21-,23-,28-,29+,30+,31-/m0/s1. The van der Waals surface area contributed by atoms with E-state index in [0.29, 0.717) is 19.3 Å². The number of fused-ring (bicyclic) bond motifs is 7. The minimum absolute atomic E-state index is 0.0116. The molecule has 3 saturated carbocycles. The molecule has 7 atom stereocenters. The number of nitrogens with zero attached hydrogens (tertiary/aromatic N) is 1. The summed E-state index contributed by atoms with van der Waals surface area (Å²) in [5.41, 5.74) is -1.46. The molecule has 0 spiro atoms. The van der Waals surface area contributed by atoms with Crippen molar-refractivity contribution in [1.82, 2.24) is 0 Å². The van der Waals surface area contributed by atoms with Crippen LogP contribution < -0.4 is 0 Å². The fourth-order valence-electron chi connectivity index (χ4n) is 9.97. The molecule has 0 aromatic rings. The fraction of sp³-hybridized carbons (Fsp3) is 0.742. The van der Waals surface area contributed by atoms with Crippen molar-refractivity contribution in [3.63, 3.8) is 0 Å². The number of carboxylic acid groups (broad SMARTS) is 1. The molecule has 1 unspecified atom stereocenters. The highest BCUT2D eigenvalue weighted by molar-refractivity contribution is 6.03. The predicted octanol–water partition coefficient (Wildman–Crippen LogP) is 6.64. The summed E-state index contributed by atoms with van der Waals surface area (Å²) in [6, 6.07) is 0. The Labute approximate surface area is 215 Å². The highest BCUT2D eigenvalue weighted by Crippen LogP contribution is 2.74. The van der Waals surface area contributed by atoms with Crippen LogP contribution in [-0.4, -0.2) is 22.6 Å². The van der Waals surface area contributed by atoms with Crippen LogP contribution in [0.2, 0.25) is 0 Å². The van der Waals surface area contributed by atoms with Crippen LogP contribution in [-0.2, 0) is 14.4 Å². The van der Waals surface area contributed by atoms with Crippen molar-refractivity contribution in [1.29, 1.82) is 0 Å². The lowest BCUT2D eigenvalue weighted by Crippen LogP contribution is -2.65. The van der Waals surface area contributed by atoms with Crippen molar-refractivity contribution in [2.24, 2.45) is 50.2 Å². The van der Waals surface area contributed by atoms with Gasteiger partial charge in [-0.05, 0) is 79.1 Å². The van der Waals surface area contributed by atoms with Crippen molar-refractivity contribution in [2.45, 2.75) is 93.4 Å². The quantitative estimate of drug-likeness (QED) is 0.417. The second kappa shape index (κ2) is 7.21. The summed E-state index contributed by atoms with van der Waals surface area (Å²) < 4.78 is 0. The zero-order valence-corrected chi connectivity index (χ0v) is 23.0. The first-order valence-electron chi connectivity index (χ1n) is 13.7. The molecule has 5 heteroatoms. The van der Waals surface area contributed by atoms with Crippen LogP contribution in [0.1, 0.15) is 93.4 Å². The van der Waals surface area contributed by atoms with Gasteiger partial charge in [0, 0.05) is 16.7 Å². The summed E-state index contributed by atoms with van der Waals surface area (Å²) in [5.74, 6) is -1.24. The van der Waals surface area contributed by atoms with E-state index in [1.165, 1.54) is 0 Å². The molecule has 3 fully saturated rings. The van der Waals surface area contributed by atoms with E-state index in [1.54, 1.807) is 0 Å². The number of allylic oxidation sites excluding steroid dienone is 4. The number of aliphatic carboxylic acids is 1. The van der Waals surface area contributed by atoms with E-state index in [1.807, 2.05) is 26.0 Å². The molecule has 5 aliphatic carbocycles. The van der Waals surface area contributed by atoms with Crippen molar-refractivity contribution < 1.29 is 19.5 Å². The number of rotatable bonds is 1. The first-order chi connectivity index (χ1) is 16.5. The summed E-state index contributed by atoms with van der Waals surface area (Å²) in [7, 11) is 0. The van der Waals surface area contributed by atoms with Crippen LogP contribution in [0.3, 0.4) is 0 Å². The van der Waals surface area contributed by atoms with E-state index >= 15 is 0 Å². The zero-order chi connectivity index (χ0) is 26.7. The third-order valence-electron chi connectivity index (χ3n) is 12.3. The molecule has 0 aliphatic heterocycles. The molecular formula is C31H41NO4. The summed E-state index contributed by atoms with van der Waals surface area (Å²) in [4.78, 5) is 43.8. The van der Waals surface area contributed by atoms with Gasteiger partial charge >= 0.3 is 5.97 Å². The molecule has 0 saturated heterocycles. The van der Waals surface area contributed by atoms with Gasteiger partial charge in [0.15, 0.2) is 11.6 Å². The Bertz CT molecular complexity index is 1180. The Balaban J connectivity index is 1.71. The molecule has 0 radical (unpaired) electrons. The largest absolute Gasteiger partial charge is 0.481 e. The van der Waals surface area contributed by atoms with Crippen molar-refractivity contribution in [3.8, 4) is 0 Å². The maximum Gasteiger partial charge on any atom is 0.309 e. The first kappa shape index (κ1) is 25.4. The average molecular weight is 492 g/mol. The number of hydrogen-bond donors (Lipinski definition) is 1. The van der Waals surface area contributed by atoms with Gasteiger partial charge in [0.2, 0.25) is 5.70 Å². The van der Waals surface area contributed by atoms with E-state index < -0.39 is 22.2 Å². The molecule has 0 heterocycles. The third kappa shape index (κ3) is 2.85. The molecule has 0 amide bonds. The minimum atomic E-state index is -0.825. The van der Waals surface area contributed by atoms with Gasteiger partial charge in [0.1, 0.15) is 0 Å². The second-order valence-corrected chi connectivity index (χ2v) is 14.7. The van der Waals surface area contributed by atoms with Gasteiger partial charge in [0.25, 0.3) is 0 Å². The average Bonchev–Trinajstić information content (AvgIpc) is 2.77. The van der Waals surface area contributed by atoms with Crippen LogP contribution >= 0.6 is 0 Å². The van der Waals surface area contributed by atoms with E-state index in [-0.39, 0.29) is 51.3 Å². The number of hydrogen-bond acceptors (Lipinski definition) is 3. The normalized spacial score (nSPS) is 46.7. The lowest BCUT2D eigenvalue weighted by molar-refractivity contribution is -0.188. The zero-order valence-electron chi connectivity index (χ0n) is 23.0. The molecule has 1 N–H and O–H groups in total. The highest BCUT2D eigenvalue weighted by atomic mass is 16.4. The van der Waals surface area contributed by atoms with Gasteiger partial charge < -0.3 is 9.90 Å². The number of ketones is 2. The molecule has 194 valence electrons. The number of carbonyl (C=O) groups excluding carboxylic acids is 2. The molecule has 0 aromatic heterocycles. The Morgan fingerprint density at radius 3 is 2.25 bits per heavy atom. The maximum atomic E-state index is 14.2. The Morgan fingerprint density at radius 1 is 1.00 bits per heavy atom. The smallest absolute Gasteiger partial charge is 0.309 e. The van der Waals surface area contributed by atoms with Crippen molar-refractivity contribution in [3.05, 3.63) is 34.8 Å². The number of carboxylic acids is 1. The fourth-order valence-corrected chi connectivity index (χ4v) is 9.97. The Morgan fingerprint density at radius 2 is 1.64 bits per heavy atom. The maximum absolute atomic E-state index is 14.2. The molecule has 5 rings (SSSR count). The number of carbonyl (C=O) groups is 3. The lowest BCUT2D eigenvalue weighted by atomic mass is 9.34. The van der Waals surface area contributed by atoms with Crippen LogP contribution in [0.25, 0.3) is 4.85 Å².